The molecule has 1 saturated carbocycles. The number of ether oxygens (including phenoxy) is 2. The second-order valence-electron chi connectivity index (χ2n) is 7.90. The van der Waals surface area contributed by atoms with Crippen LogP contribution < -0.4 is 5.32 Å². The van der Waals surface area contributed by atoms with Gasteiger partial charge in [0.1, 0.15) is 12.4 Å². The van der Waals surface area contributed by atoms with Crippen LogP contribution >= 0.6 is 0 Å². The fraction of sp³-hybridized carbons (Fsp3) is 0.476. The van der Waals surface area contributed by atoms with Gasteiger partial charge in [-0.1, -0.05) is 30.3 Å². The molecule has 0 aliphatic heterocycles. The van der Waals surface area contributed by atoms with Crippen LogP contribution in [0.25, 0.3) is 0 Å². The molecular formula is C21H28N3O3. The van der Waals surface area contributed by atoms with Crippen molar-refractivity contribution >= 4 is 11.9 Å². The van der Waals surface area contributed by atoms with Crippen LogP contribution in [0.5, 0.6) is 0 Å². The van der Waals surface area contributed by atoms with E-state index in [1.54, 1.807) is 7.11 Å². The molecule has 2 aromatic rings. The summed E-state index contributed by atoms with van der Waals surface area (Å²) in [6.07, 6.45) is 3.71. The van der Waals surface area contributed by atoms with Crippen LogP contribution in [0.2, 0.25) is 0 Å². The van der Waals surface area contributed by atoms with E-state index in [2.05, 4.69) is 32.5 Å². The highest BCUT2D eigenvalue weighted by Gasteiger charge is 2.30. The Hall–Kier alpha value is -2.34. The van der Waals surface area contributed by atoms with Gasteiger partial charge in [0, 0.05) is 19.1 Å². The first-order chi connectivity index (χ1) is 12.9. The van der Waals surface area contributed by atoms with Crippen molar-refractivity contribution in [2.75, 3.05) is 12.4 Å². The molecule has 1 aromatic heterocycles. The van der Waals surface area contributed by atoms with E-state index in [0.29, 0.717) is 11.7 Å². The van der Waals surface area contributed by atoms with E-state index in [4.69, 9.17) is 14.6 Å². The molecule has 1 aromatic carbocycles. The molecule has 3 rings (SSSR count). The summed E-state index contributed by atoms with van der Waals surface area (Å²) in [5.41, 5.74) is 1.66. The summed E-state index contributed by atoms with van der Waals surface area (Å²) in [6.45, 7) is 6.41. The summed E-state index contributed by atoms with van der Waals surface area (Å²) in [5.74, 6) is 0.955. The van der Waals surface area contributed by atoms with Crippen molar-refractivity contribution in [2.45, 2.75) is 57.8 Å². The highest BCUT2D eigenvalue weighted by molar-refractivity contribution is 5.83. The van der Waals surface area contributed by atoms with Gasteiger partial charge in [-0.05, 0) is 45.6 Å². The zero-order chi connectivity index (χ0) is 19.4. The minimum atomic E-state index is -0.483. The van der Waals surface area contributed by atoms with Gasteiger partial charge in [-0.2, -0.15) is 5.10 Å². The summed E-state index contributed by atoms with van der Waals surface area (Å²) < 4.78 is 12.6. The van der Waals surface area contributed by atoms with Crippen molar-refractivity contribution in [1.82, 2.24) is 9.78 Å². The van der Waals surface area contributed by atoms with Gasteiger partial charge < -0.3 is 9.47 Å². The molecule has 1 amide bonds. The van der Waals surface area contributed by atoms with E-state index in [9.17, 15) is 4.79 Å². The van der Waals surface area contributed by atoms with E-state index < -0.39 is 6.09 Å². The van der Waals surface area contributed by atoms with Crippen molar-refractivity contribution < 1.29 is 14.3 Å². The average molecular weight is 370 g/mol. The van der Waals surface area contributed by atoms with Gasteiger partial charge in [-0.3, -0.25) is 5.32 Å². The van der Waals surface area contributed by atoms with Gasteiger partial charge in [0.05, 0.1) is 17.3 Å². The number of carbonyl (C=O) groups excluding carboxylic acids is 1. The Morgan fingerprint density at radius 3 is 2.67 bits per heavy atom. The summed E-state index contributed by atoms with van der Waals surface area (Å²) >= 11 is 0. The molecule has 1 radical (unpaired) electrons. The number of nitrogens with one attached hydrogen (secondary N) is 1. The van der Waals surface area contributed by atoms with E-state index in [0.717, 1.165) is 24.1 Å². The number of rotatable bonds is 5. The third kappa shape index (κ3) is 4.89. The van der Waals surface area contributed by atoms with Crippen LogP contribution in [0.4, 0.5) is 10.6 Å². The molecule has 145 valence electrons. The maximum Gasteiger partial charge on any atom is 0.413 e. The van der Waals surface area contributed by atoms with E-state index >= 15 is 0 Å². The Morgan fingerprint density at radius 1 is 1.30 bits per heavy atom. The molecule has 2 atom stereocenters. The lowest BCUT2D eigenvalue weighted by molar-refractivity contribution is 0.132. The van der Waals surface area contributed by atoms with Crippen molar-refractivity contribution in [3.63, 3.8) is 0 Å². The number of carbonyl (C=O) groups is 1. The predicted molar refractivity (Wildman–Crippen MR) is 105 cm³/mol. The Kier molecular flexibility index (Phi) is 5.85. The molecule has 1 N–H and O–H groups in total. The minimum absolute atomic E-state index is 0.169. The summed E-state index contributed by atoms with van der Waals surface area (Å²) in [5, 5.41) is 7.63. The molecule has 1 aliphatic carbocycles. The fourth-order valence-corrected chi connectivity index (χ4v) is 3.29. The quantitative estimate of drug-likeness (QED) is 0.842. The lowest BCUT2D eigenvalue weighted by Crippen LogP contribution is -2.27. The molecule has 6 heteroatoms. The van der Waals surface area contributed by atoms with E-state index in [-0.39, 0.29) is 18.2 Å². The van der Waals surface area contributed by atoms with Gasteiger partial charge in [-0.25, -0.2) is 9.48 Å². The molecular weight excluding hydrogens is 342 g/mol. The molecule has 1 fully saturated rings. The number of aromatic nitrogens is 2. The van der Waals surface area contributed by atoms with Crippen molar-refractivity contribution in [3.8, 4) is 0 Å². The number of benzene rings is 1. The smallest absolute Gasteiger partial charge is 0.413 e. The topological polar surface area (TPSA) is 65.4 Å². The lowest BCUT2D eigenvalue weighted by Gasteiger charge is -2.22. The van der Waals surface area contributed by atoms with Crippen LogP contribution in [0.15, 0.2) is 36.4 Å². The molecule has 0 spiro atoms. The second kappa shape index (κ2) is 8.13. The first-order valence-electron chi connectivity index (χ1n) is 9.31. The van der Waals surface area contributed by atoms with E-state index in [1.165, 1.54) is 0 Å². The minimum Gasteiger partial charge on any atom is -0.444 e. The fourth-order valence-electron chi connectivity index (χ4n) is 3.29. The first kappa shape index (κ1) is 19.4. The van der Waals surface area contributed by atoms with Gasteiger partial charge in [0.2, 0.25) is 0 Å². The van der Waals surface area contributed by atoms with Crippen molar-refractivity contribution in [1.29, 1.82) is 0 Å². The third-order valence-corrected chi connectivity index (χ3v) is 4.73. The molecule has 1 heterocycles. The van der Waals surface area contributed by atoms with E-state index in [1.807, 2.05) is 41.1 Å². The number of hydrogen-bond acceptors (Lipinski definition) is 4. The highest BCUT2D eigenvalue weighted by Crippen LogP contribution is 2.36. The summed E-state index contributed by atoms with van der Waals surface area (Å²) in [4.78, 5) is 12.3. The Bertz CT molecular complexity index is 765. The monoisotopic (exact) mass is 370 g/mol. The van der Waals surface area contributed by atoms with Gasteiger partial charge >= 0.3 is 6.09 Å². The molecule has 0 bridgehead atoms. The number of amides is 1. The molecule has 1 aliphatic rings. The standard InChI is InChI=1S/C21H28N3O3/c1-21(2,3)24-19(13-18(23-24)16-10-11-17(12-16)26-4)22-20(25)27-14-15-8-6-5-7-9-15/h5-9,11,13,16-17H,10,12,14H2,1-4H3,(H,22,25)/t16-,17+/m0/s1. The van der Waals surface area contributed by atoms with Crippen LogP contribution in [0, 0.1) is 6.42 Å². The van der Waals surface area contributed by atoms with Crippen molar-refractivity contribution in [2.24, 2.45) is 0 Å². The molecule has 0 saturated heterocycles. The van der Waals surface area contributed by atoms with Crippen LogP contribution in [-0.2, 0) is 21.6 Å². The number of hydrogen-bond donors (Lipinski definition) is 1. The van der Waals surface area contributed by atoms with Crippen molar-refractivity contribution in [3.05, 3.63) is 54.1 Å². The zero-order valence-corrected chi connectivity index (χ0v) is 16.4. The second-order valence-corrected chi connectivity index (χ2v) is 7.90. The van der Waals surface area contributed by atoms with Gasteiger partial charge in [0.15, 0.2) is 0 Å². The normalized spacial score (nSPS) is 19.9. The number of methoxy groups -OCH3 is 1. The Balaban J connectivity index is 1.70. The zero-order valence-electron chi connectivity index (χ0n) is 16.4. The molecule has 27 heavy (non-hydrogen) atoms. The van der Waals surface area contributed by atoms with Crippen LogP contribution in [0.3, 0.4) is 0 Å². The van der Waals surface area contributed by atoms with Gasteiger partial charge in [-0.15, -0.1) is 0 Å². The summed E-state index contributed by atoms with van der Waals surface area (Å²) in [6, 6.07) is 11.6. The molecule has 6 nitrogen and oxygen atoms in total. The van der Waals surface area contributed by atoms with Crippen LogP contribution in [0.1, 0.15) is 50.8 Å². The number of anilines is 1. The molecule has 0 unspecified atom stereocenters. The lowest BCUT2D eigenvalue weighted by atomic mass is 10.0. The maximum absolute atomic E-state index is 12.3. The average Bonchev–Trinajstić information content (AvgIpc) is 3.27. The largest absolute Gasteiger partial charge is 0.444 e. The Morgan fingerprint density at radius 2 is 2.04 bits per heavy atom. The predicted octanol–water partition coefficient (Wildman–Crippen LogP) is 4.48. The maximum atomic E-state index is 12.3. The van der Waals surface area contributed by atoms with Gasteiger partial charge in [0.25, 0.3) is 0 Å². The number of nitrogens with zero attached hydrogens (tertiary/aromatic N) is 2. The summed E-state index contributed by atoms with van der Waals surface area (Å²) in [7, 11) is 1.73. The van der Waals surface area contributed by atoms with Crippen LogP contribution in [-0.4, -0.2) is 29.1 Å². The first-order valence-corrected chi connectivity index (χ1v) is 9.31. The SMILES string of the molecule is CO[C@@H]1[CH]C[C@H](c2cc(NC(=O)OCc3ccccc3)n(C(C)(C)C)n2)C1. The Labute approximate surface area is 160 Å². The highest BCUT2D eigenvalue weighted by atomic mass is 16.5. The third-order valence-electron chi connectivity index (χ3n) is 4.73.